The van der Waals surface area contributed by atoms with E-state index in [2.05, 4.69) is 15.3 Å². The molecule has 1 saturated heterocycles. The van der Waals surface area contributed by atoms with Gasteiger partial charge in [0.05, 0.1) is 25.3 Å². The number of hydrogen-bond acceptors (Lipinski definition) is 9. The SMILES string of the molecule is CC(=O)NCC1CN(c2ccc(-c3ccc(OC4COc5nc([N+](=O)[O-])cn5C4)nc3)c(F)c2)C(=O)O1. The molecule has 2 aliphatic heterocycles. The molecule has 0 bridgehead atoms. The first kappa shape index (κ1) is 24.0. The Morgan fingerprint density at radius 3 is 2.86 bits per heavy atom. The Morgan fingerprint density at radius 2 is 2.16 bits per heavy atom. The monoisotopic (exact) mass is 512 g/mol. The van der Waals surface area contributed by atoms with Crippen LogP contribution in [0.1, 0.15) is 6.92 Å². The highest BCUT2D eigenvalue weighted by Crippen LogP contribution is 2.30. The van der Waals surface area contributed by atoms with Crippen molar-refractivity contribution in [3.63, 3.8) is 0 Å². The van der Waals surface area contributed by atoms with E-state index in [9.17, 15) is 24.1 Å². The van der Waals surface area contributed by atoms with Gasteiger partial charge in [0.25, 0.3) is 0 Å². The van der Waals surface area contributed by atoms with E-state index in [1.54, 1.807) is 24.3 Å². The summed E-state index contributed by atoms with van der Waals surface area (Å²) in [5.74, 6) is -0.823. The average molecular weight is 512 g/mol. The van der Waals surface area contributed by atoms with E-state index in [1.807, 2.05) is 0 Å². The van der Waals surface area contributed by atoms with E-state index in [0.29, 0.717) is 17.8 Å². The van der Waals surface area contributed by atoms with Crippen LogP contribution in [-0.4, -0.2) is 63.4 Å². The zero-order valence-corrected chi connectivity index (χ0v) is 19.5. The summed E-state index contributed by atoms with van der Waals surface area (Å²) < 4.78 is 32.9. The number of nitro groups is 1. The largest absolute Gasteiger partial charge is 0.469 e. The first-order valence-electron chi connectivity index (χ1n) is 11.3. The lowest BCUT2D eigenvalue weighted by atomic mass is 10.1. The standard InChI is InChI=1S/C23H21FN6O7/c1-13(31)25-8-16-10-29(23(32)37-16)15-3-4-18(19(24)6-15)14-2-5-21(26-7-14)36-17-9-28-11-20(30(33)34)27-22(28)35-12-17/h2-7,11,16-17H,8-10,12H2,1H3,(H,25,31). The first-order chi connectivity index (χ1) is 17.8. The van der Waals surface area contributed by atoms with E-state index in [0.717, 1.165) is 0 Å². The second-order valence-corrected chi connectivity index (χ2v) is 8.44. The second-order valence-electron chi connectivity index (χ2n) is 8.44. The molecule has 2 atom stereocenters. The van der Waals surface area contributed by atoms with Crippen LogP contribution in [-0.2, 0) is 16.1 Å². The van der Waals surface area contributed by atoms with Gasteiger partial charge in [0.2, 0.25) is 11.8 Å². The van der Waals surface area contributed by atoms with Gasteiger partial charge >= 0.3 is 17.9 Å². The molecule has 2 aromatic heterocycles. The highest BCUT2D eigenvalue weighted by Gasteiger charge is 2.33. The Balaban J connectivity index is 1.23. The van der Waals surface area contributed by atoms with Crippen LogP contribution in [0.3, 0.4) is 0 Å². The van der Waals surface area contributed by atoms with Crippen molar-refractivity contribution in [1.29, 1.82) is 0 Å². The van der Waals surface area contributed by atoms with Gasteiger partial charge in [-0.15, -0.1) is 0 Å². The molecule has 1 N–H and O–H groups in total. The molecule has 5 rings (SSSR count). The van der Waals surface area contributed by atoms with Crippen LogP contribution in [0.15, 0.2) is 42.7 Å². The minimum absolute atomic E-state index is 0.137. The van der Waals surface area contributed by atoms with E-state index in [1.165, 1.54) is 34.9 Å². The van der Waals surface area contributed by atoms with Crippen LogP contribution in [0.4, 0.5) is 20.7 Å². The minimum Gasteiger partial charge on any atom is -0.469 e. The number of imidazole rings is 1. The molecule has 14 heteroatoms. The fourth-order valence-electron chi connectivity index (χ4n) is 4.01. The first-order valence-corrected chi connectivity index (χ1v) is 11.3. The van der Waals surface area contributed by atoms with Gasteiger partial charge in [-0.25, -0.2) is 14.2 Å². The van der Waals surface area contributed by atoms with Gasteiger partial charge in [-0.1, -0.05) is 0 Å². The molecule has 2 amide bonds. The number of fused-ring (bicyclic) bond motifs is 1. The average Bonchev–Trinajstić information content (AvgIpc) is 3.46. The fourth-order valence-corrected chi connectivity index (χ4v) is 4.01. The molecule has 2 aliphatic rings. The number of benzene rings is 1. The smallest absolute Gasteiger partial charge is 0.414 e. The number of nitrogens with one attached hydrogen (secondary N) is 1. The van der Waals surface area contributed by atoms with Crippen LogP contribution >= 0.6 is 0 Å². The maximum absolute atomic E-state index is 15.0. The molecular formula is C23H21FN6O7. The fraction of sp³-hybridized carbons (Fsp3) is 0.304. The van der Waals surface area contributed by atoms with Gasteiger partial charge < -0.3 is 29.6 Å². The summed E-state index contributed by atoms with van der Waals surface area (Å²) in [5, 5.41) is 13.5. The van der Waals surface area contributed by atoms with Crippen LogP contribution in [0.5, 0.6) is 11.9 Å². The number of amides is 2. The molecule has 1 fully saturated rings. The van der Waals surface area contributed by atoms with Gasteiger partial charge in [-0.2, -0.15) is 0 Å². The molecule has 37 heavy (non-hydrogen) atoms. The molecular weight excluding hydrogens is 491 g/mol. The Labute approximate surface area is 208 Å². The van der Waals surface area contributed by atoms with Crippen LogP contribution in [0.2, 0.25) is 0 Å². The summed E-state index contributed by atoms with van der Waals surface area (Å²) in [6.45, 7) is 2.16. The molecule has 3 aromatic rings. The van der Waals surface area contributed by atoms with Gasteiger partial charge in [-0.3, -0.25) is 14.3 Å². The molecule has 192 valence electrons. The number of carbonyl (C=O) groups excluding carboxylic acids is 2. The molecule has 4 heterocycles. The van der Waals surface area contributed by atoms with Crippen LogP contribution in [0.25, 0.3) is 11.1 Å². The van der Waals surface area contributed by atoms with Crippen molar-refractivity contribution in [1.82, 2.24) is 19.9 Å². The molecule has 2 unspecified atom stereocenters. The Hall–Kier alpha value is -4.75. The summed E-state index contributed by atoms with van der Waals surface area (Å²) in [4.78, 5) is 42.9. The van der Waals surface area contributed by atoms with Crippen molar-refractivity contribution >= 4 is 23.5 Å². The van der Waals surface area contributed by atoms with Crippen molar-refractivity contribution in [3.8, 4) is 23.0 Å². The van der Waals surface area contributed by atoms with Gasteiger partial charge in [0.15, 0.2) is 6.10 Å². The number of anilines is 1. The van der Waals surface area contributed by atoms with Crippen molar-refractivity contribution in [2.24, 2.45) is 0 Å². The van der Waals surface area contributed by atoms with Gasteiger partial charge in [0, 0.05) is 35.3 Å². The molecule has 13 nitrogen and oxygen atoms in total. The quantitative estimate of drug-likeness (QED) is 0.371. The number of ether oxygens (including phenoxy) is 3. The van der Waals surface area contributed by atoms with E-state index < -0.39 is 29.0 Å². The predicted octanol–water partition coefficient (Wildman–Crippen LogP) is 2.29. The third-order valence-corrected chi connectivity index (χ3v) is 5.76. The second kappa shape index (κ2) is 9.72. The normalized spacial score (nSPS) is 18.5. The van der Waals surface area contributed by atoms with E-state index in [-0.39, 0.29) is 48.9 Å². The number of nitrogens with zero attached hydrogens (tertiary/aromatic N) is 5. The molecule has 0 radical (unpaired) electrons. The third kappa shape index (κ3) is 5.12. The molecule has 0 aliphatic carbocycles. The van der Waals surface area contributed by atoms with Crippen LogP contribution in [0, 0.1) is 15.9 Å². The van der Waals surface area contributed by atoms with E-state index in [4.69, 9.17) is 14.2 Å². The van der Waals surface area contributed by atoms with Gasteiger partial charge in [0.1, 0.15) is 24.7 Å². The highest BCUT2D eigenvalue weighted by atomic mass is 19.1. The number of rotatable bonds is 7. The summed E-state index contributed by atoms with van der Waals surface area (Å²) in [6.07, 6.45) is 1.14. The molecule has 0 spiro atoms. The summed E-state index contributed by atoms with van der Waals surface area (Å²) in [7, 11) is 0. The summed E-state index contributed by atoms with van der Waals surface area (Å²) in [5.41, 5.74) is 1.11. The highest BCUT2D eigenvalue weighted by molar-refractivity contribution is 5.90. The number of halogens is 1. The topological polar surface area (TPSA) is 151 Å². The van der Waals surface area contributed by atoms with Crippen molar-refractivity contribution in [2.45, 2.75) is 25.7 Å². The Bertz CT molecular complexity index is 1360. The summed E-state index contributed by atoms with van der Waals surface area (Å²) >= 11 is 0. The lowest BCUT2D eigenvalue weighted by Gasteiger charge is -2.22. The zero-order chi connectivity index (χ0) is 26.1. The number of aromatic nitrogens is 3. The number of cyclic esters (lactones) is 1. The predicted molar refractivity (Wildman–Crippen MR) is 125 cm³/mol. The number of carbonyl (C=O) groups is 2. The Kier molecular flexibility index (Phi) is 6.29. The number of pyridine rings is 1. The maximum Gasteiger partial charge on any atom is 0.414 e. The van der Waals surface area contributed by atoms with Gasteiger partial charge in [-0.05, 0) is 29.2 Å². The van der Waals surface area contributed by atoms with Crippen molar-refractivity contribution in [3.05, 3.63) is 58.7 Å². The molecule has 0 saturated carbocycles. The maximum atomic E-state index is 15.0. The van der Waals surface area contributed by atoms with E-state index >= 15 is 0 Å². The lowest BCUT2D eigenvalue weighted by Crippen LogP contribution is -2.34. The Morgan fingerprint density at radius 1 is 1.32 bits per heavy atom. The minimum atomic E-state index is -0.616. The zero-order valence-electron chi connectivity index (χ0n) is 19.5. The summed E-state index contributed by atoms with van der Waals surface area (Å²) in [6, 6.07) is 7.76. The number of hydrogen-bond donors (Lipinski definition) is 1. The van der Waals surface area contributed by atoms with Crippen molar-refractivity contribution < 1.29 is 33.1 Å². The van der Waals surface area contributed by atoms with Crippen LogP contribution < -0.4 is 19.7 Å². The van der Waals surface area contributed by atoms with Crippen molar-refractivity contribution in [2.75, 3.05) is 24.6 Å². The third-order valence-electron chi connectivity index (χ3n) is 5.76. The lowest BCUT2D eigenvalue weighted by molar-refractivity contribution is -0.389. The molecule has 1 aromatic carbocycles.